The Morgan fingerprint density at radius 2 is 0.961 bits per heavy atom. The summed E-state index contributed by atoms with van der Waals surface area (Å²) in [5.74, 6) is 0. The summed E-state index contributed by atoms with van der Waals surface area (Å²) in [6.07, 6.45) is 7.13. The van der Waals surface area contributed by atoms with Crippen LogP contribution in [0.1, 0.15) is 0 Å². The molecule has 238 valence electrons. The zero-order chi connectivity index (χ0) is 33.5. The van der Waals surface area contributed by atoms with Crippen molar-refractivity contribution in [2.24, 2.45) is 0 Å². The fourth-order valence-corrected chi connectivity index (χ4v) is 7.64. The van der Waals surface area contributed by atoms with Crippen LogP contribution in [-0.4, -0.2) is 29.1 Å². The first-order valence-corrected chi connectivity index (χ1v) is 16.9. The molecule has 6 aromatic heterocycles. The number of para-hydroxylation sites is 3. The molecule has 0 unspecified atom stereocenters. The van der Waals surface area contributed by atoms with Crippen LogP contribution >= 0.6 is 0 Å². The SMILES string of the molecule is c1ccc(-n2c3ccccc3c3ccc(-c4cc5c(cn4)oc4cnc(-c6ccc7c8ncncc8n(-c8ccccc8)c7c6)cc45)cc32)cc1. The number of hydrogen-bond donors (Lipinski definition) is 0. The first kappa shape index (κ1) is 27.8. The second kappa shape index (κ2) is 10.7. The monoisotopic (exact) mass is 654 g/mol. The van der Waals surface area contributed by atoms with Gasteiger partial charge in [-0.2, -0.15) is 0 Å². The van der Waals surface area contributed by atoms with Gasteiger partial charge in [-0.25, -0.2) is 9.97 Å². The summed E-state index contributed by atoms with van der Waals surface area (Å²) in [4.78, 5) is 18.7. The zero-order valence-corrected chi connectivity index (χ0v) is 27.1. The summed E-state index contributed by atoms with van der Waals surface area (Å²) >= 11 is 0. The Morgan fingerprint density at radius 1 is 0.412 bits per heavy atom. The van der Waals surface area contributed by atoms with Crippen molar-refractivity contribution in [3.8, 4) is 33.9 Å². The van der Waals surface area contributed by atoms with Crippen molar-refractivity contribution in [1.29, 1.82) is 0 Å². The topological polar surface area (TPSA) is 74.6 Å². The number of nitrogens with zero attached hydrogens (tertiary/aromatic N) is 6. The molecule has 0 aliphatic heterocycles. The van der Waals surface area contributed by atoms with Crippen molar-refractivity contribution >= 4 is 65.7 Å². The lowest BCUT2D eigenvalue weighted by Gasteiger charge is -2.09. The number of fused-ring (bicyclic) bond motifs is 9. The highest BCUT2D eigenvalue weighted by molar-refractivity contribution is 6.11. The molecule has 11 rings (SSSR count). The molecule has 51 heavy (non-hydrogen) atoms. The third kappa shape index (κ3) is 4.18. The van der Waals surface area contributed by atoms with Crippen LogP contribution in [0, 0.1) is 0 Å². The van der Waals surface area contributed by atoms with Crippen LogP contribution in [0.15, 0.2) is 163 Å². The van der Waals surface area contributed by atoms with Crippen LogP contribution < -0.4 is 0 Å². The predicted octanol–water partition coefficient (Wildman–Crippen LogP) is 10.7. The highest BCUT2D eigenvalue weighted by atomic mass is 16.3. The molecule has 0 atom stereocenters. The van der Waals surface area contributed by atoms with E-state index in [4.69, 9.17) is 14.4 Å². The maximum atomic E-state index is 6.26. The summed E-state index contributed by atoms with van der Waals surface area (Å²) in [6, 6.07) is 46.7. The van der Waals surface area contributed by atoms with Gasteiger partial charge < -0.3 is 13.6 Å². The third-order valence-electron chi connectivity index (χ3n) is 9.97. The molecule has 7 heteroatoms. The Morgan fingerprint density at radius 3 is 1.63 bits per heavy atom. The average molecular weight is 655 g/mol. The molecule has 0 aliphatic rings. The highest BCUT2D eigenvalue weighted by Crippen LogP contribution is 2.38. The minimum atomic E-state index is 0.724. The van der Waals surface area contributed by atoms with Gasteiger partial charge in [0.1, 0.15) is 6.33 Å². The Hall–Kier alpha value is -7.12. The van der Waals surface area contributed by atoms with Gasteiger partial charge in [0.15, 0.2) is 11.2 Å². The van der Waals surface area contributed by atoms with E-state index in [1.165, 1.54) is 16.3 Å². The van der Waals surface area contributed by atoms with Crippen LogP contribution in [0.25, 0.3) is 99.6 Å². The molecular weight excluding hydrogens is 629 g/mol. The largest absolute Gasteiger partial charge is 0.453 e. The molecule has 0 aliphatic carbocycles. The van der Waals surface area contributed by atoms with Crippen LogP contribution in [0.5, 0.6) is 0 Å². The summed E-state index contributed by atoms with van der Waals surface area (Å²) in [5, 5.41) is 5.49. The molecule has 0 amide bonds. The molecule has 6 heterocycles. The van der Waals surface area contributed by atoms with Gasteiger partial charge in [-0.15, -0.1) is 0 Å². The van der Waals surface area contributed by atoms with Gasteiger partial charge in [-0.3, -0.25) is 9.97 Å². The summed E-state index contributed by atoms with van der Waals surface area (Å²) in [7, 11) is 0. The van der Waals surface area contributed by atoms with Crippen LogP contribution in [0.2, 0.25) is 0 Å². The zero-order valence-electron chi connectivity index (χ0n) is 27.1. The molecule has 11 aromatic rings. The Kier molecular flexibility index (Phi) is 5.83. The van der Waals surface area contributed by atoms with Crippen LogP contribution in [-0.2, 0) is 0 Å². The highest BCUT2D eigenvalue weighted by Gasteiger charge is 2.18. The van der Waals surface area contributed by atoms with Crippen LogP contribution in [0.3, 0.4) is 0 Å². The van der Waals surface area contributed by atoms with Crippen molar-refractivity contribution in [3.05, 3.63) is 158 Å². The smallest absolute Gasteiger partial charge is 0.153 e. The van der Waals surface area contributed by atoms with Gasteiger partial charge in [0.2, 0.25) is 0 Å². The van der Waals surface area contributed by atoms with Crippen molar-refractivity contribution in [3.63, 3.8) is 0 Å². The van der Waals surface area contributed by atoms with Gasteiger partial charge in [0, 0.05) is 49.4 Å². The van der Waals surface area contributed by atoms with Gasteiger partial charge >= 0.3 is 0 Å². The lowest BCUT2D eigenvalue weighted by Crippen LogP contribution is -1.94. The van der Waals surface area contributed by atoms with Crippen LogP contribution in [0.4, 0.5) is 0 Å². The van der Waals surface area contributed by atoms with E-state index in [9.17, 15) is 0 Å². The lowest BCUT2D eigenvalue weighted by molar-refractivity contribution is 0.665. The minimum absolute atomic E-state index is 0.724. The number of pyridine rings is 2. The Bertz CT molecular complexity index is 2930. The van der Waals surface area contributed by atoms with Gasteiger partial charge in [-0.05, 0) is 60.7 Å². The number of hydrogen-bond acceptors (Lipinski definition) is 5. The van der Waals surface area contributed by atoms with Crippen molar-refractivity contribution < 1.29 is 4.42 Å². The molecule has 0 fully saturated rings. The maximum absolute atomic E-state index is 6.26. The number of benzene rings is 5. The number of aromatic nitrogens is 6. The molecule has 5 aromatic carbocycles. The van der Waals surface area contributed by atoms with E-state index in [0.29, 0.717) is 0 Å². The van der Waals surface area contributed by atoms with Gasteiger partial charge in [0.25, 0.3) is 0 Å². The first-order valence-electron chi connectivity index (χ1n) is 16.9. The second-order valence-corrected chi connectivity index (χ2v) is 12.8. The predicted molar refractivity (Wildman–Crippen MR) is 204 cm³/mol. The quantitative estimate of drug-likeness (QED) is 0.189. The Balaban J connectivity index is 1.07. The van der Waals surface area contributed by atoms with Gasteiger partial charge in [-0.1, -0.05) is 72.8 Å². The van der Waals surface area contributed by atoms with E-state index in [2.05, 4.69) is 134 Å². The molecule has 0 bridgehead atoms. The summed E-state index contributed by atoms with van der Waals surface area (Å²) < 4.78 is 10.8. The number of furan rings is 1. The molecular formula is C44H26N6O. The molecule has 7 nitrogen and oxygen atoms in total. The van der Waals surface area contributed by atoms with Crippen molar-refractivity contribution in [2.75, 3.05) is 0 Å². The normalized spacial score (nSPS) is 11.9. The van der Waals surface area contributed by atoms with E-state index in [-0.39, 0.29) is 0 Å². The fraction of sp³-hybridized carbons (Fsp3) is 0. The van der Waals surface area contributed by atoms with E-state index in [0.717, 1.165) is 83.3 Å². The second-order valence-electron chi connectivity index (χ2n) is 12.8. The molecule has 0 radical (unpaired) electrons. The maximum Gasteiger partial charge on any atom is 0.153 e. The average Bonchev–Trinajstić information content (AvgIpc) is 3.85. The van der Waals surface area contributed by atoms with E-state index in [1.54, 1.807) is 6.33 Å². The fourth-order valence-electron chi connectivity index (χ4n) is 7.64. The van der Waals surface area contributed by atoms with Crippen molar-refractivity contribution in [2.45, 2.75) is 0 Å². The van der Waals surface area contributed by atoms with E-state index >= 15 is 0 Å². The van der Waals surface area contributed by atoms with E-state index in [1.807, 2.05) is 36.8 Å². The first-order chi connectivity index (χ1) is 25.3. The summed E-state index contributed by atoms with van der Waals surface area (Å²) in [5.41, 5.74) is 12.6. The number of rotatable bonds is 4. The molecule has 0 spiro atoms. The molecule has 0 saturated carbocycles. The standard InChI is InChI=1S/C44H26N6O/c1-3-9-29(10-4-1)49-38-14-8-7-13-31(38)32-17-15-27(19-39(32)49)36-21-34-35-22-37(47-25-43(35)51-42(34)24-46-36)28-16-18-33-40(20-28)50(30-11-5-2-6-12-30)41-23-45-26-48-44(33)41/h1-26H. The lowest BCUT2D eigenvalue weighted by atomic mass is 10.0. The minimum Gasteiger partial charge on any atom is -0.453 e. The van der Waals surface area contributed by atoms with E-state index < -0.39 is 0 Å². The molecule has 0 saturated heterocycles. The Labute approximate surface area is 290 Å². The summed E-state index contributed by atoms with van der Waals surface area (Å²) in [6.45, 7) is 0. The van der Waals surface area contributed by atoms with Crippen molar-refractivity contribution in [1.82, 2.24) is 29.1 Å². The third-order valence-corrected chi connectivity index (χ3v) is 9.97. The van der Waals surface area contributed by atoms with Gasteiger partial charge in [0.05, 0.1) is 57.6 Å². The molecule has 0 N–H and O–H groups in total.